The Kier molecular flexibility index (Phi) is 10.1. The SMILES string of the molecule is CC(/C=C(\N=C(N)C1=CCCC=C1)c1ccccc1)C1=CC=CC2C1SC1CCC(C3=CCCC4=C3C3=CC5=C(CC3C43CCCCC3)c3ccccc3C53CCCCC3)CC12. The Bertz CT molecular complexity index is 2460. The van der Waals surface area contributed by atoms with E-state index in [2.05, 4.69) is 128 Å². The molecule has 7 unspecified atom stereocenters. The molecule has 3 heteroatoms. The van der Waals surface area contributed by atoms with Crippen molar-refractivity contribution >= 4 is 28.9 Å². The zero-order valence-electron chi connectivity index (χ0n) is 37.1. The molecule has 0 radical (unpaired) electrons. The number of thioether (sulfide) groups is 1. The molecule has 4 fully saturated rings. The van der Waals surface area contributed by atoms with Crippen molar-refractivity contribution in [3.8, 4) is 0 Å². The van der Waals surface area contributed by atoms with Gasteiger partial charge in [-0.15, -0.1) is 11.8 Å². The molecule has 2 spiro atoms. The van der Waals surface area contributed by atoms with E-state index < -0.39 is 0 Å². The Morgan fingerprint density at radius 2 is 1.68 bits per heavy atom. The summed E-state index contributed by atoms with van der Waals surface area (Å²) in [6.07, 6.45) is 46.0. The van der Waals surface area contributed by atoms with Crippen LogP contribution in [0.3, 0.4) is 0 Å². The van der Waals surface area contributed by atoms with Crippen LogP contribution in [0, 0.1) is 35.0 Å². The van der Waals surface area contributed by atoms with Gasteiger partial charge in [0, 0.05) is 21.5 Å². The zero-order valence-corrected chi connectivity index (χ0v) is 37.9. The number of hydrogen-bond donors (Lipinski definition) is 1. The maximum atomic E-state index is 6.71. The minimum absolute atomic E-state index is 0.244. The van der Waals surface area contributed by atoms with Crippen molar-refractivity contribution in [1.82, 2.24) is 0 Å². The maximum Gasteiger partial charge on any atom is 0.131 e. The third kappa shape index (κ3) is 6.28. The number of amidine groups is 1. The lowest BCUT2D eigenvalue weighted by Crippen LogP contribution is -2.34. The Labute approximate surface area is 376 Å². The van der Waals surface area contributed by atoms with Crippen LogP contribution in [0.2, 0.25) is 0 Å². The second-order valence-electron chi connectivity index (χ2n) is 20.9. The normalized spacial score (nSPS) is 32.3. The Morgan fingerprint density at radius 1 is 0.871 bits per heavy atom. The molecule has 1 heterocycles. The summed E-state index contributed by atoms with van der Waals surface area (Å²) in [5.41, 5.74) is 26.2. The molecule has 2 N–H and O–H groups in total. The Morgan fingerprint density at radius 3 is 2.50 bits per heavy atom. The maximum absolute atomic E-state index is 6.71. The first-order valence-electron chi connectivity index (χ1n) is 25.0. The van der Waals surface area contributed by atoms with E-state index in [4.69, 9.17) is 10.7 Å². The number of fused-ring (bicyclic) bond motifs is 11. The molecule has 7 atom stereocenters. The molecule has 2 nitrogen and oxygen atoms in total. The predicted octanol–water partition coefficient (Wildman–Crippen LogP) is 14.9. The van der Waals surface area contributed by atoms with E-state index >= 15 is 0 Å². The van der Waals surface area contributed by atoms with Crippen LogP contribution in [0.1, 0.15) is 139 Å². The third-order valence-electron chi connectivity index (χ3n) is 18.0. The molecule has 318 valence electrons. The average Bonchev–Trinajstić information content (AvgIpc) is 3.93. The minimum atomic E-state index is 0.244. The number of hydrogen-bond acceptors (Lipinski definition) is 2. The van der Waals surface area contributed by atoms with Crippen molar-refractivity contribution in [2.75, 3.05) is 0 Å². The molecule has 12 rings (SSSR count). The number of rotatable bonds is 6. The minimum Gasteiger partial charge on any atom is -0.383 e. The predicted molar refractivity (Wildman–Crippen MR) is 263 cm³/mol. The number of nitrogens with two attached hydrogens (primary N) is 1. The molecule has 3 saturated carbocycles. The first kappa shape index (κ1) is 39.5. The van der Waals surface area contributed by atoms with E-state index in [0.29, 0.717) is 34.3 Å². The highest BCUT2D eigenvalue weighted by Crippen LogP contribution is 2.69. The molecule has 0 aromatic heterocycles. The summed E-state index contributed by atoms with van der Waals surface area (Å²) in [5, 5.41) is 1.26. The van der Waals surface area contributed by atoms with Crippen molar-refractivity contribution < 1.29 is 0 Å². The quantitative estimate of drug-likeness (QED) is 0.233. The number of nitrogens with zero attached hydrogens (tertiary/aromatic N) is 1. The number of allylic oxidation sites excluding steroid dienone is 14. The van der Waals surface area contributed by atoms with Gasteiger partial charge in [-0.05, 0) is 162 Å². The van der Waals surface area contributed by atoms with Crippen LogP contribution >= 0.6 is 11.8 Å². The van der Waals surface area contributed by atoms with E-state index in [9.17, 15) is 0 Å². The lowest BCUT2D eigenvalue weighted by atomic mass is 9.59. The lowest BCUT2D eigenvalue weighted by molar-refractivity contribution is 0.174. The molecule has 1 aliphatic heterocycles. The highest BCUT2D eigenvalue weighted by molar-refractivity contribution is 8.01. The van der Waals surface area contributed by atoms with Gasteiger partial charge in [-0.25, -0.2) is 4.99 Å². The van der Waals surface area contributed by atoms with Gasteiger partial charge >= 0.3 is 0 Å². The van der Waals surface area contributed by atoms with Gasteiger partial charge in [0.2, 0.25) is 0 Å². The summed E-state index contributed by atoms with van der Waals surface area (Å²) in [5.74, 6) is 3.55. The van der Waals surface area contributed by atoms with Crippen molar-refractivity contribution in [3.05, 3.63) is 165 Å². The average molecular weight is 835 g/mol. The van der Waals surface area contributed by atoms with Crippen LogP contribution in [0.15, 0.2) is 153 Å². The van der Waals surface area contributed by atoms with Gasteiger partial charge < -0.3 is 5.73 Å². The molecule has 9 aliphatic carbocycles. The second-order valence-corrected chi connectivity index (χ2v) is 22.3. The van der Waals surface area contributed by atoms with Crippen LogP contribution in [0.25, 0.3) is 11.3 Å². The van der Waals surface area contributed by atoms with Crippen LogP contribution in [0.5, 0.6) is 0 Å². The smallest absolute Gasteiger partial charge is 0.131 e. The van der Waals surface area contributed by atoms with E-state index in [1.807, 2.05) is 16.7 Å². The van der Waals surface area contributed by atoms with Gasteiger partial charge in [0.1, 0.15) is 5.84 Å². The second kappa shape index (κ2) is 15.9. The first-order valence-corrected chi connectivity index (χ1v) is 26.0. The van der Waals surface area contributed by atoms with Crippen LogP contribution in [0.4, 0.5) is 0 Å². The molecule has 10 aliphatic rings. The van der Waals surface area contributed by atoms with Crippen LogP contribution in [-0.4, -0.2) is 16.3 Å². The summed E-state index contributed by atoms with van der Waals surface area (Å²) in [4.78, 5) is 5.13. The van der Waals surface area contributed by atoms with Gasteiger partial charge in [-0.2, -0.15) is 0 Å². The van der Waals surface area contributed by atoms with Crippen LogP contribution < -0.4 is 5.73 Å². The highest BCUT2D eigenvalue weighted by atomic mass is 32.2. The molecule has 1 saturated heterocycles. The van der Waals surface area contributed by atoms with E-state index in [0.717, 1.165) is 40.8 Å². The largest absolute Gasteiger partial charge is 0.383 e. The highest BCUT2D eigenvalue weighted by Gasteiger charge is 2.57. The molecule has 2 aromatic carbocycles. The number of benzene rings is 2. The molecule has 62 heavy (non-hydrogen) atoms. The Hall–Kier alpha value is -4.08. The lowest BCUT2D eigenvalue weighted by Gasteiger charge is -2.44. The molecule has 2 aromatic rings. The monoisotopic (exact) mass is 834 g/mol. The van der Waals surface area contributed by atoms with Crippen molar-refractivity contribution in [3.63, 3.8) is 0 Å². The van der Waals surface area contributed by atoms with Gasteiger partial charge in [-0.1, -0.05) is 160 Å². The fraction of sp³-hybridized carbons (Fsp3) is 0.475. The third-order valence-corrected chi connectivity index (χ3v) is 19.8. The topological polar surface area (TPSA) is 38.4 Å². The van der Waals surface area contributed by atoms with E-state index in [1.54, 1.807) is 33.4 Å². The molecule has 0 bridgehead atoms. The van der Waals surface area contributed by atoms with Crippen molar-refractivity contribution in [2.24, 2.45) is 45.7 Å². The van der Waals surface area contributed by atoms with E-state index in [1.165, 1.54) is 103 Å². The standard InChI is InChI=1S/C59H66N2S/c1-38(34-53(39-18-6-2-7-19-39)61-57(60)40-20-8-3-9-21-40)42-23-16-25-45-47-35-41(28-29-54(47)62-56(42)45)43-24-17-27-50-55(43)48-37-51-46(36-52(48)59(50)32-14-5-15-33-59)44-22-10-11-26-49(44)58(51)30-12-4-13-31-58/h2,6-8,10-11,16,18-26,34,37-38,41,45,47,52,54,56H,3-5,9,12-15,17,27-33,35-36H2,1H3,(H2,60,61)/b53-34-. The zero-order chi connectivity index (χ0) is 41.4. The van der Waals surface area contributed by atoms with Gasteiger partial charge in [0.15, 0.2) is 0 Å². The molecular formula is C59H66N2S. The van der Waals surface area contributed by atoms with Crippen LogP contribution in [-0.2, 0) is 5.41 Å². The van der Waals surface area contributed by atoms with Gasteiger partial charge in [0.05, 0.1) is 5.70 Å². The Balaban J connectivity index is 0.852. The number of aliphatic imine (C=N–C) groups is 1. The summed E-state index contributed by atoms with van der Waals surface area (Å²) in [7, 11) is 0. The summed E-state index contributed by atoms with van der Waals surface area (Å²) >= 11 is 2.32. The van der Waals surface area contributed by atoms with Gasteiger partial charge in [-0.3, -0.25) is 0 Å². The molecule has 0 amide bonds. The fourth-order valence-corrected chi connectivity index (χ4v) is 17.3. The van der Waals surface area contributed by atoms with Gasteiger partial charge in [0.25, 0.3) is 0 Å². The molecular weight excluding hydrogens is 769 g/mol. The van der Waals surface area contributed by atoms with Crippen molar-refractivity contribution in [1.29, 1.82) is 0 Å². The van der Waals surface area contributed by atoms with E-state index in [-0.39, 0.29) is 11.3 Å². The summed E-state index contributed by atoms with van der Waals surface area (Å²) < 4.78 is 0. The van der Waals surface area contributed by atoms with Crippen molar-refractivity contribution in [2.45, 2.75) is 138 Å². The fourth-order valence-electron chi connectivity index (χ4n) is 15.2. The summed E-state index contributed by atoms with van der Waals surface area (Å²) in [6.45, 7) is 2.40. The first-order chi connectivity index (χ1) is 30.5. The summed E-state index contributed by atoms with van der Waals surface area (Å²) in [6, 6.07) is 20.4.